The third-order valence-corrected chi connectivity index (χ3v) is 5.08. The molecule has 0 radical (unpaired) electrons. The Hall–Kier alpha value is -1.73. The number of nitrogens with one attached hydrogen (secondary N) is 3. The highest BCUT2D eigenvalue weighted by Gasteiger charge is 2.37. The molecule has 5 nitrogen and oxygen atoms in total. The van der Waals surface area contributed by atoms with Gasteiger partial charge in [0.25, 0.3) is 5.91 Å². The van der Waals surface area contributed by atoms with Crippen molar-refractivity contribution in [3.05, 3.63) is 35.4 Å². The molecule has 0 bridgehead atoms. The van der Waals surface area contributed by atoms with Crippen molar-refractivity contribution in [1.29, 1.82) is 0 Å². The van der Waals surface area contributed by atoms with Crippen molar-refractivity contribution in [2.45, 2.75) is 44.2 Å². The zero-order chi connectivity index (χ0) is 17.8. The molecular weight excluding hydrogens is 364 g/mol. The van der Waals surface area contributed by atoms with Crippen molar-refractivity contribution < 1.29 is 18.4 Å². The number of benzene rings is 1. The predicted octanol–water partition coefficient (Wildman–Crippen LogP) is 2.15. The lowest BCUT2D eigenvalue weighted by atomic mass is 9.85. The minimum absolute atomic E-state index is 0. The van der Waals surface area contributed by atoms with Crippen molar-refractivity contribution in [3.8, 4) is 0 Å². The molecule has 2 amide bonds. The van der Waals surface area contributed by atoms with E-state index in [0.717, 1.165) is 25.0 Å². The molecule has 3 N–H and O–H groups in total. The first-order chi connectivity index (χ1) is 12.1. The molecule has 1 aliphatic heterocycles. The van der Waals surface area contributed by atoms with E-state index >= 15 is 0 Å². The van der Waals surface area contributed by atoms with E-state index in [1.165, 1.54) is 25.3 Å². The van der Waals surface area contributed by atoms with Crippen LogP contribution in [-0.2, 0) is 4.79 Å². The summed E-state index contributed by atoms with van der Waals surface area (Å²) in [6, 6.07) is 3.52. The van der Waals surface area contributed by atoms with Gasteiger partial charge in [-0.25, -0.2) is 8.78 Å². The van der Waals surface area contributed by atoms with Gasteiger partial charge in [-0.05, 0) is 37.3 Å². The van der Waals surface area contributed by atoms with Crippen LogP contribution in [0.15, 0.2) is 18.2 Å². The third-order valence-electron chi connectivity index (χ3n) is 5.08. The van der Waals surface area contributed by atoms with Crippen LogP contribution in [0, 0.1) is 17.6 Å². The van der Waals surface area contributed by atoms with Gasteiger partial charge in [-0.2, -0.15) is 0 Å². The molecule has 2 fully saturated rings. The monoisotopic (exact) mass is 387 g/mol. The zero-order valence-corrected chi connectivity index (χ0v) is 15.2. The van der Waals surface area contributed by atoms with Crippen LogP contribution in [0.1, 0.15) is 42.5 Å². The summed E-state index contributed by atoms with van der Waals surface area (Å²) in [5.74, 6) is -2.14. The van der Waals surface area contributed by atoms with Crippen LogP contribution in [-0.4, -0.2) is 37.0 Å². The quantitative estimate of drug-likeness (QED) is 0.678. The molecule has 1 aliphatic carbocycles. The summed E-state index contributed by atoms with van der Waals surface area (Å²) in [6.45, 7) is 0.325. The van der Waals surface area contributed by atoms with Gasteiger partial charge in [0, 0.05) is 19.1 Å². The number of halogens is 3. The fourth-order valence-electron chi connectivity index (χ4n) is 3.81. The van der Waals surface area contributed by atoms with Gasteiger partial charge < -0.3 is 16.0 Å². The van der Waals surface area contributed by atoms with Gasteiger partial charge in [-0.1, -0.05) is 18.9 Å². The van der Waals surface area contributed by atoms with E-state index in [1.54, 1.807) is 0 Å². The number of carbonyl (C=O) groups is 2. The molecule has 1 saturated heterocycles. The molecule has 26 heavy (non-hydrogen) atoms. The number of rotatable bonds is 5. The molecule has 8 heteroatoms. The molecule has 3 unspecified atom stereocenters. The zero-order valence-electron chi connectivity index (χ0n) is 14.4. The van der Waals surface area contributed by atoms with Crippen molar-refractivity contribution >= 4 is 24.2 Å². The van der Waals surface area contributed by atoms with Gasteiger partial charge in [0.1, 0.15) is 17.2 Å². The maximum Gasteiger partial charge on any atom is 0.257 e. The van der Waals surface area contributed by atoms with Gasteiger partial charge in [0.2, 0.25) is 5.91 Å². The smallest absolute Gasteiger partial charge is 0.257 e. The predicted molar refractivity (Wildman–Crippen MR) is 96.2 cm³/mol. The number of amides is 2. The summed E-state index contributed by atoms with van der Waals surface area (Å²) in [7, 11) is 0. The van der Waals surface area contributed by atoms with Crippen LogP contribution >= 0.6 is 12.4 Å². The average Bonchev–Trinajstić information content (AvgIpc) is 3.02. The number of hydrogen-bond acceptors (Lipinski definition) is 3. The van der Waals surface area contributed by atoms with Crippen LogP contribution in [0.25, 0.3) is 0 Å². The van der Waals surface area contributed by atoms with Crippen LogP contribution in [0.2, 0.25) is 0 Å². The Morgan fingerprint density at radius 1 is 1.08 bits per heavy atom. The Balaban J connectivity index is 0.00000243. The Labute approximate surface area is 157 Å². The van der Waals surface area contributed by atoms with Gasteiger partial charge in [0.15, 0.2) is 0 Å². The SMILES string of the molecule is Cl.O=C(NCCNC(=O)C1CC2CCCCC2N1)c1c(F)cccc1F. The Morgan fingerprint density at radius 3 is 2.42 bits per heavy atom. The molecule has 0 aromatic heterocycles. The molecule has 0 spiro atoms. The highest BCUT2D eigenvalue weighted by Crippen LogP contribution is 2.33. The van der Waals surface area contributed by atoms with E-state index in [-0.39, 0.29) is 37.4 Å². The topological polar surface area (TPSA) is 70.2 Å². The summed E-state index contributed by atoms with van der Waals surface area (Å²) >= 11 is 0. The number of hydrogen-bond donors (Lipinski definition) is 3. The van der Waals surface area contributed by atoms with Crippen LogP contribution in [0.5, 0.6) is 0 Å². The van der Waals surface area contributed by atoms with Crippen molar-refractivity contribution in [1.82, 2.24) is 16.0 Å². The second kappa shape index (κ2) is 9.28. The minimum atomic E-state index is -0.903. The first-order valence-corrected chi connectivity index (χ1v) is 8.82. The van der Waals surface area contributed by atoms with E-state index in [1.807, 2.05) is 0 Å². The Morgan fingerprint density at radius 2 is 1.73 bits per heavy atom. The van der Waals surface area contributed by atoms with E-state index < -0.39 is 23.1 Å². The fourth-order valence-corrected chi connectivity index (χ4v) is 3.81. The summed E-state index contributed by atoms with van der Waals surface area (Å²) in [4.78, 5) is 24.0. The highest BCUT2D eigenvalue weighted by atomic mass is 35.5. The summed E-state index contributed by atoms with van der Waals surface area (Å²) in [5, 5.41) is 8.57. The number of fused-ring (bicyclic) bond motifs is 1. The molecule has 1 aromatic rings. The van der Waals surface area contributed by atoms with Crippen molar-refractivity contribution in [2.24, 2.45) is 5.92 Å². The molecule has 144 valence electrons. The van der Waals surface area contributed by atoms with E-state index in [2.05, 4.69) is 16.0 Å². The molecule has 3 atom stereocenters. The second-order valence-electron chi connectivity index (χ2n) is 6.75. The lowest BCUT2D eigenvalue weighted by Crippen LogP contribution is -2.45. The largest absolute Gasteiger partial charge is 0.353 e. The molecular formula is C18H24ClF2N3O2. The fraction of sp³-hybridized carbons (Fsp3) is 0.556. The normalized spacial score (nSPS) is 24.3. The lowest BCUT2D eigenvalue weighted by molar-refractivity contribution is -0.122. The minimum Gasteiger partial charge on any atom is -0.353 e. The summed E-state index contributed by atoms with van der Waals surface area (Å²) in [5.41, 5.74) is -0.602. The van der Waals surface area contributed by atoms with Crippen LogP contribution < -0.4 is 16.0 Å². The first kappa shape index (κ1) is 20.6. The molecule has 1 aromatic carbocycles. The van der Waals surface area contributed by atoms with Crippen molar-refractivity contribution in [2.75, 3.05) is 13.1 Å². The van der Waals surface area contributed by atoms with E-state index in [9.17, 15) is 18.4 Å². The van der Waals surface area contributed by atoms with E-state index in [4.69, 9.17) is 0 Å². The molecule has 1 heterocycles. The maximum absolute atomic E-state index is 13.5. The van der Waals surface area contributed by atoms with Gasteiger partial charge >= 0.3 is 0 Å². The van der Waals surface area contributed by atoms with Gasteiger partial charge in [0.05, 0.1) is 6.04 Å². The Bertz CT molecular complexity index is 625. The van der Waals surface area contributed by atoms with Crippen molar-refractivity contribution in [3.63, 3.8) is 0 Å². The van der Waals surface area contributed by atoms with Gasteiger partial charge in [-0.3, -0.25) is 9.59 Å². The Kier molecular flexibility index (Phi) is 7.34. The molecule has 2 aliphatic rings. The third kappa shape index (κ3) is 4.71. The highest BCUT2D eigenvalue weighted by molar-refractivity contribution is 5.94. The summed E-state index contributed by atoms with van der Waals surface area (Å²) < 4.78 is 27.0. The molecule has 3 rings (SSSR count). The molecule has 1 saturated carbocycles. The maximum atomic E-state index is 13.5. The lowest BCUT2D eigenvalue weighted by Gasteiger charge is -2.24. The summed E-state index contributed by atoms with van der Waals surface area (Å²) in [6.07, 6.45) is 5.59. The van der Waals surface area contributed by atoms with Crippen LogP contribution in [0.4, 0.5) is 8.78 Å². The van der Waals surface area contributed by atoms with E-state index in [0.29, 0.717) is 12.0 Å². The number of carbonyl (C=O) groups excluding carboxylic acids is 2. The second-order valence-corrected chi connectivity index (χ2v) is 6.75. The average molecular weight is 388 g/mol. The first-order valence-electron chi connectivity index (χ1n) is 8.82. The van der Waals surface area contributed by atoms with Crippen LogP contribution in [0.3, 0.4) is 0 Å². The van der Waals surface area contributed by atoms with Gasteiger partial charge in [-0.15, -0.1) is 12.4 Å². The standard InChI is InChI=1S/C18H23F2N3O2.ClH/c19-12-5-3-6-13(20)16(12)18(25)22-9-8-21-17(24)15-10-11-4-1-2-7-14(11)23-15;/h3,5-6,11,14-15,23H,1-2,4,7-10H2,(H,21,24)(H,22,25);1H.